The van der Waals surface area contributed by atoms with Gasteiger partial charge in [0.05, 0.1) is 5.02 Å². The summed E-state index contributed by atoms with van der Waals surface area (Å²) in [4.78, 5) is 41.0. The predicted molar refractivity (Wildman–Crippen MR) is 102 cm³/mol. The number of rotatable bonds is 5. The van der Waals surface area contributed by atoms with E-state index in [4.69, 9.17) is 27.9 Å². The zero-order valence-corrected chi connectivity index (χ0v) is 16.7. The van der Waals surface area contributed by atoms with Gasteiger partial charge < -0.3 is 4.74 Å². The fourth-order valence-electron chi connectivity index (χ4n) is 2.61. The molecule has 1 aromatic carbocycles. The smallest absolute Gasteiger partial charge is 0.436 e. The number of halogens is 3. The molecule has 0 amide bonds. The molecule has 3 rings (SSSR count). The number of benzene rings is 1. The van der Waals surface area contributed by atoms with E-state index < -0.39 is 28.8 Å². The summed E-state index contributed by atoms with van der Waals surface area (Å²) in [5, 5.41) is 2.74. The maximum atomic E-state index is 14.7. The van der Waals surface area contributed by atoms with Crippen molar-refractivity contribution in [2.45, 2.75) is 20.3 Å². The Labute approximate surface area is 173 Å². The number of hydrogen-bond donors (Lipinski definition) is 1. The molecule has 29 heavy (non-hydrogen) atoms. The lowest BCUT2D eigenvalue weighted by Crippen LogP contribution is -2.22. The number of H-pyrrole nitrogens is 1. The summed E-state index contributed by atoms with van der Waals surface area (Å²) < 4.78 is 24.5. The number of nitrogens with one attached hydrogen (secondary N) is 1. The zero-order chi connectivity index (χ0) is 21.3. The first kappa shape index (κ1) is 20.9. The first-order valence-corrected chi connectivity index (χ1v) is 9.15. The average Bonchev–Trinajstić information content (AvgIpc) is 3.10. The van der Waals surface area contributed by atoms with Gasteiger partial charge in [-0.05, 0) is 17.5 Å². The highest BCUT2D eigenvalue weighted by atomic mass is 35.5. The lowest BCUT2D eigenvalue weighted by atomic mass is 9.97. The molecule has 1 aromatic heterocycles. The maximum Gasteiger partial charge on any atom is 0.439 e. The third-order valence-electron chi connectivity index (χ3n) is 4.06. The topological polar surface area (TPSA) is 115 Å². The second-order valence-corrected chi connectivity index (χ2v) is 7.24. The van der Waals surface area contributed by atoms with Crippen molar-refractivity contribution < 1.29 is 23.2 Å². The number of dihydropyridines is 1. The number of nitrogens with zero attached hydrogens (tertiary/aromatic N) is 2. The first-order chi connectivity index (χ1) is 13.7. The van der Waals surface area contributed by atoms with Crippen molar-refractivity contribution >= 4 is 40.7 Å². The number of aromatic amines is 1. The van der Waals surface area contributed by atoms with Gasteiger partial charge in [0.2, 0.25) is 17.5 Å². The van der Waals surface area contributed by atoms with Gasteiger partial charge in [-0.25, -0.2) is 14.2 Å². The van der Waals surface area contributed by atoms with E-state index in [-0.39, 0.29) is 46.3 Å². The minimum absolute atomic E-state index is 0.0457. The van der Waals surface area contributed by atoms with Crippen molar-refractivity contribution in [3.8, 4) is 5.75 Å². The Kier molecular flexibility index (Phi) is 5.99. The Balaban J connectivity index is 1.87. The predicted octanol–water partition coefficient (Wildman–Crippen LogP) is 3.18. The molecule has 0 saturated carbocycles. The van der Waals surface area contributed by atoms with Gasteiger partial charge in [0.25, 0.3) is 0 Å². The Morgan fingerprint density at radius 1 is 1.38 bits per heavy atom. The summed E-state index contributed by atoms with van der Waals surface area (Å²) in [6, 6.07) is 1.18. The Hall–Kier alpha value is -2.78. The van der Waals surface area contributed by atoms with Crippen LogP contribution < -0.4 is 10.5 Å². The Bertz CT molecular complexity index is 1120. The van der Waals surface area contributed by atoms with Crippen LogP contribution in [-0.2, 0) is 11.2 Å². The highest BCUT2D eigenvalue weighted by Gasteiger charge is 2.24. The van der Waals surface area contributed by atoms with Crippen LogP contribution in [0, 0.1) is 11.7 Å². The molecule has 0 unspecified atom stereocenters. The van der Waals surface area contributed by atoms with Crippen LogP contribution in [0.15, 0.2) is 32.0 Å². The molecule has 11 heteroatoms. The van der Waals surface area contributed by atoms with Crippen LogP contribution in [0.1, 0.15) is 30.0 Å². The molecule has 0 spiro atoms. The fourth-order valence-corrected chi connectivity index (χ4v) is 3.19. The van der Waals surface area contributed by atoms with Gasteiger partial charge in [-0.2, -0.15) is 0 Å². The summed E-state index contributed by atoms with van der Waals surface area (Å²) in [6.07, 6.45) is 0.986. The van der Waals surface area contributed by atoms with Crippen molar-refractivity contribution in [2.24, 2.45) is 10.9 Å². The lowest BCUT2D eigenvalue weighted by molar-refractivity contribution is -0.114. The van der Waals surface area contributed by atoms with E-state index in [2.05, 4.69) is 19.7 Å². The van der Waals surface area contributed by atoms with Crippen molar-refractivity contribution in [3.05, 3.63) is 55.5 Å². The van der Waals surface area contributed by atoms with E-state index in [9.17, 15) is 18.8 Å². The molecule has 0 bridgehead atoms. The van der Waals surface area contributed by atoms with Crippen molar-refractivity contribution in [2.75, 3.05) is 6.54 Å². The SMILES string of the molecule is CC(C)C1=CC(Oc2c(Cl)cc(CC(=O)c3noc(=O)[nH]3)c(F)c2Cl)=NCC1=O. The van der Waals surface area contributed by atoms with Crippen LogP contribution in [0.5, 0.6) is 5.75 Å². The Morgan fingerprint density at radius 3 is 2.72 bits per heavy atom. The van der Waals surface area contributed by atoms with Crippen LogP contribution >= 0.6 is 23.2 Å². The molecule has 2 aromatic rings. The second kappa shape index (κ2) is 8.30. The monoisotopic (exact) mass is 441 g/mol. The number of carbonyl (C=O) groups excluding carboxylic acids is 2. The molecule has 1 aliphatic heterocycles. The molecule has 0 aliphatic carbocycles. The van der Waals surface area contributed by atoms with Gasteiger partial charge in [0.1, 0.15) is 17.4 Å². The largest absolute Gasteiger partial charge is 0.439 e. The minimum atomic E-state index is -0.925. The quantitative estimate of drug-likeness (QED) is 0.562. The molecule has 1 N–H and O–H groups in total. The number of aromatic nitrogens is 2. The molecule has 1 aliphatic rings. The standard InChI is InChI=1S/C18H14Cl2FN3O5/c1-7(2)9-5-13(22-6-12(9)26)28-16-10(19)3-8(15(21)14(16)20)4-11(25)17-23-18(27)29-24-17/h3,5,7H,4,6H2,1-2H3,(H,23,24,27). The Morgan fingerprint density at radius 2 is 2.10 bits per heavy atom. The maximum absolute atomic E-state index is 14.7. The van der Waals surface area contributed by atoms with E-state index in [0.717, 1.165) is 0 Å². The van der Waals surface area contributed by atoms with Gasteiger partial charge in [-0.15, -0.1) is 0 Å². The van der Waals surface area contributed by atoms with Gasteiger partial charge in [0.15, 0.2) is 11.5 Å². The number of hydrogen-bond acceptors (Lipinski definition) is 7. The highest BCUT2D eigenvalue weighted by Crippen LogP contribution is 2.38. The fraction of sp³-hybridized carbons (Fsp3) is 0.278. The van der Waals surface area contributed by atoms with Gasteiger partial charge >= 0.3 is 5.76 Å². The first-order valence-electron chi connectivity index (χ1n) is 8.40. The van der Waals surface area contributed by atoms with E-state index in [1.807, 2.05) is 13.8 Å². The van der Waals surface area contributed by atoms with Crippen molar-refractivity contribution in [1.29, 1.82) is 0 Å². The van der Waals surface area contributed by atoms with Crippen LogP contribution in [0.3, 0.4) is 0 Å². The number of ether oxygens (including phenoxy) is 1. The summed E-state index contributed by atoms with van der Waals surface area (Å²) in [5.74, 6) is -3.18. The average molecular weight is 442 g/mol. The van der Waals surface area contributed by atoms with Crippen molar-refractivity contribution in [1.82, 2.24) is 10.1 Å². The number of ketones is 2. The molecular formula is C18H14Cl2FN3O5. The van der Waals surface area contributed by atoms with Gasteiger partial charge in [-0.3, -0.25) is 19.1 Å². The van der Waals surface area contributed by atoms with Crippen LogP contribution in [0.2, 0.25) is 10.0 Å². The van der Waals surface area contributed by atoms with Crippen molar-refractivity contribution in [3.63, 3.8) is 0 Å². The van der Waals surface area contributed by atoms with Crippen LogP contribution in [0.4, 0.5) is 4.39 Å². The zero-order valence-electron chi connectivity index (χ0n) is 15.2. The van der Waals surface area contributed by atoms with Gasteiger partial charge in [0, 0.05) is 18.1 Å². The van der Waals surface area contributed by atoms with E-state index in [1.165, 1.54) is 12.1 Å². The normalized spacial score (nSPS) is 14.1. The molecule has 0 saturated heterocycles. The minimum Gasteiger partial charge on any atom is -0.436 e. The third kappa shape index (κ3) is 4.46. The van der Waals surface area contributed by atoms with E-state index in [1.54, 1.807) is 0 Å². The summed E-state index contributed by atoms with van der Waals surface area (Å²) >= 11 is 12.2. The highest BCUT2D eigenvalue weighted by molar-refractivity contribution is 6.37. The number of carbonyl (C=O) groups is 2. The number of aliphatic imine (C=N–C) groups is 1. The van der Waals surface area contributed by atoms with E-state index in [0.29, 0.717) is 5.57 Å². The molecule has 0 atom stereocenters. The summed E-state index contributed by atoms with van der Waals surface area (Å²) in [5.41, 5.74) is 0.395. The number of Topliss-reactive ketones (excluding diaryl/α,β-unsaturated/α-hetero) is 2. The molecule has 0 radical (unpaired) electrons. The lowest BCUT2D eigenvalue weighted by Gasteiger charge is -2.17. The van der Waals surface area contributed by atoms with Crippen LogP contribution in [0.25, 0.3) is 0 Å². The molecule has 0 fully saturated rings. The summed E-state index contributed by atoms with van der Waals surface area (Å²) in [7, 11) is 0. The van der Waals surface area contributed by atoms with Gasteiger partial charge in [-0.1, -0.05) is 42.2 Å². The second-order valence-electron chi connectivity index (χ2n) is 6.45. The van der Waals surface area contributed by atoms with Crippen LogP contribution in [-0.4, -0.2) is 34.1 Å². The molecule has 2 heterocycles. The van der Waals surface area contributed by atoms with E-state index >= 15 is 0 Å². The summed E-state index contributed by atoms with van der Waals surface area (Å²) in [6.45, 7) is 3.60. The molecule has 152 valence electrons. The third-order valence-corrected chi connectivity index (χ3v) is 4.67. The molecule has 8 nitrogen and oxygen atoms in total. The molecular weight excluding hydrogens is 428 g/mol.